The predicted octanol–water partition coefficient (Wildman–Crippen LogP) is 3.47. The molecule has 108 valence electrons. The third kappa shape index (κ3) is 3.08. The zero-order valence-electron chi connectivity index (χ0n) is 12.2. The van der Waals surface area contributed by atoms with Gasteiger partial charge in [0.2, 0.25) is 0 Å². The van der Waals surface area contributed by atoms with Gasteiger partial charge >= 0.3 is 0 Å². The average Bonchev–Trinajstić information content (AvgIpc) is 3.15. The Morgan fingerprint density at radius 3 is 3.14 bits per heavy atom. The van der Waals surface area contributed by atoms with Crippen LogP contribution in [-0.4, -0.2) is 11.0 Å². The van der Waals surface area contributed by atoms with Crippen LogP contribution < -0.4 is 5.32 Å². The molecule has 0 radical (unpaired) electrons. The van der Waals surface area contributed by atoms with Crippen molar-refractivity contribution in [2.75, 3.05) is 5.32 Å². The minimum Gasteiger partial charge on any atom is -0.469 e. The molecule has 21 heavy (non-hydrogen) atoms. The molecule has 4 heteroatoms. The third-order valence-corrected chi connectivity index (χ3v) is 3.96. The number of anilines is 1. The molecule has 0 saturated carbocycles. The molecular weight excluding hydrogens is 262 g/mol. The maximum absolute atomic E-state index is 9.30. The summed E-state index contributed by atoms with van der Waals surface area (Å²) in [4.78, 5) is 4.65. The van der Waals surface area contributed by atoms with Gasteiger partial charge in [0.1, 0.15) is 17.6 Å². The molecule has 0 fully saturated rings. The molecule has 1 aliphatic rings. The van der Waals surface area contributed by atoms with Gasteiger partial charge in [0.25, 0.3) is 0 Å². The van der Waals surface area contributed by atoms with Gasteiger partial charge in [0.05, 0.1) is 11.8 Å². The molecule has 0 aromatic carbocycles. The van der Waals surface area contributed by atoms with Crippen molar-refractivity contribution in [2.24, 2.45) is 0 Å². The van der Waals surface area contributed by atoms with Gasteiger partial charge in [-0.25, -0.2) is 4.98 Å². The van der Waals surface area contributed by atoms with E-state index in [1.54, 1.807) is 6.26 Å². The largest absolute Gasteiger partial charge is 0.469 e. The number of fused-ring (bicyclic) bond motifs is 1. The van der Waals surface area contributed by atoms with Gasteiger partial charge in [-0.2, -0.15) is 5.26 Å². The van der Waals surface area contributed by atoms with E-state index in [1.165, 1.54) is 5.56 Å². The number of furan rings is 1. The van der Waals surface area contributed by atoms with Crippen molar-refractivity contribution in [1.29, 1.82) is 5.26 Å². The van der Waals surface area contributed by atoms with Crippen molar-refractivity contribution in [1.82, 2.24) is 4.98 Å². The first-order valence-electron chi connectivity index (χ1n) is 7.48. The van der Waals surface area contributed by atoms with Crippen LogP contribution in [0.5, 0.6) is 0 Å². The molecule has 0 bridgehead atoms. The van der Waals surface area contributed by atoms with E-state index in [4.69, 9.17) is 4.42 Å². The zero-order chi connectivity index (χ0) is 14.7. The highest BCUT2D eigenvalue weighted by atomic mass is 16.3. The van der Waals surface area contributed by atoms with Crippen LogP contribution in [0.4, 0.5) is 5.82 Å². The number of nitrogens with one attached hydrogen (secondary N) is 1. The first-order chi connectivity index (χ1) is 10.3. The molecule has 4 nitrogen and oxygen atoms in total. The number of rotatable bonds is 5. The molecule has 2 aromatic heterocycles. The second kappa shape index (κ2) is 6.01. The van der Waals surface area contributed by atoms with Crippen LogP contribution in [0.15, 0.2) is 28.9 Å². The Labute approximate surface area is 124 Å². The summed E-state index contributed by atoms with van der Waals surface area (Å²) in [5.74, 6) is 1.72. The quantitative estimate of drug-likeness (QED) is 0.911. The van der Waals surface area contributed by atoms with E-state index in [9.17, 15) is 5.26 Å². The van der Waals surface area contributed by atoms with Gasteiger partial charge in [-0.05, 0) is 56.4 Å². The average molecular weight is 281 g/mol. The fraction of sp³-hybridized carbons (Fsp3) is 0.412. The van der Waals surface area contributed by atoms with Crippen molar-refractivity contribution < 1.29 is 4.42 Å². The molecule has 0 spiro atoms. The lowest BCUT2D eigenvalue weighted by Gasteiger charge is -2.16. The number of aryl methyl sites for hydroxylation is 3. The minimum absolute atomic E-state index is 0.245. The summed E-state index contributed by atoms with van der Waals surface area (Å²) in [5, 5.41) is 12.7. The molecule has 1 atom stereocenters. The highest BCUT2D eigenvalue weighted by Crippen LogP contribution is 2.25. The number of hydrogen-bond acceptors (Lipinski definition) is 4. The van der Waals surface area contributed by atoms with E-state index >= 15 is 0 Å². The van der Waals surface area contributed by atoms with Crippen LogP contribution >= 0.6 is 0 Å². The smallest absolute Gasteiger partial charge is 0.144 e. The Hall–Kier alpha value is -2.28. The van der Waals surface area contributed by atoms with Gasteiger partial charge in [0.15, 0.2) is 0 Å². The maximum atomic E-state index is 9.30. The highest BCUT2D eigenvalue weighted by molar-refractivity contribution is 5.55. The zero-order valence-corrected chi connectivity index (χ0v) is 12.2. The normalized spacial score (nSPS) is 14.5. The van der Waals surface area contributed by atoms with Crippen LogP contribution in [0.25, 0.3) is 0 Å². The second-order valence-corrected chi connectivity index (χ2v) is 5.62. The Kier molecular flexibility index (Phi) is 3.92. The molecule has 2 aromatic rings. The lowest BCUT2D eigenvalue weighted by atomic mass is 10.1. The first kappa shape index (κ1) is 13.7. The van der Waals surface area contributed by atoms with Crippen LogP contribution in [0.2, 0.25) is 0 Å². The van der Waals surface area contributed by atoms with Gasteiger partial charge in [-0.3, -0.25) is 0 Å². The van der Waals surface area contributed by atoms with Gasteiger partial charge < -0.3 is 9.73 Å². The summed E-state index contributed by atoms with van der Waals surface area (Å²) in [6.07, 6.45) is 6.74. The Balaban J connectivity index is 1.68. The van der Waals surface area contributed by atoms with Crippen molar-refractivity contribution in [3.63, 3.8) is 0 Å². The minimum atomic E-state index is 0.245. The van der Waals surface area contributed by atoms with Crippen LogP contribution in [0.3, 0.4) is 0 Å². The van der Waals surface area contributed by atoms with Crippen LogP contribution in [0.1, 0.15) is 42.3 Å². The summed E-state index contributed by atoms with van der Waals surface area (Å²) < 4.78 is 5.34. The van der Waals surface area contributed by atoms with E-state index in [1.807, 2.05) is 18.2 Å². The van der Waals surface area contributed by atoms with Crippen molar-refractivity contribution in [3.8, 4) is 6.07 Å². The van der Waals surface area contributed by atoms with E-state index in [-0.39, 0.29) is 6.04 Å². The summed E-state index contributed by atoms with van der Waals surface area (Å²) in [6.45, 7) is 2.11. The van der Waals surface area contributed by atoms with Crippen LogP contribution in [0, 0.1) is 11.3 Å². The fourth-order valence-corrected chi connectivity index (χ4v) is 2.79. The SMILES string of the molecule is CC(CCc1ccco1)Nc1nc2c(cc1C#N)CCC2. The molecular formula is C17H19N3O. The molecule has 1 aliphatic carbocycles. The third-order valence-electron chi connectivity index (χ3n) is 3.96. The molecule has 3 rings (SSSR count). The van der Waals surface area contributed by atoms with Crippen molar-refractivity contribution >= 4 is 5.82 Å². The van der Waals surface area contributed by atoms with Gasteiger partial charge in [-0.1, -0.05) is 0 Å². The topological polar surface area (TPSA) is 61.9 Å². The molecule has 0 aliphatic heterocycles. The van der Waals surface area contributed by atoms with E-state index in [0.29, 0.717) is 5.56 Å². The predicted molar refractivity (Wildman–Crippen MR) is 81.1 cm³/mol. The number of hydrogen-bond donors (Lipinski definition) is 1. The molecule has 1 N–H and O–H groups in total. The number of pyridine rings is 1. The summed E-state index contributed by atoms with van der Waals surface area (Å²) in [6, 6.07) is 8.39. The Bertz CT molecular complexity index is 655. The molecule has 0 amide bonds. The van der Waals surface area contributed by atoms with Crippen LogP contribution in [-0.2, 0) is 19.3 Å². The maximum Gasteiger partial charge on any atom is 0.144 e. The number of nitrogens with zero attached hydrogens (tertiary/aromatic N) is 2. The van der Waals surface area contributed by atoms with E-state index in [0.717, 1.165) is 49.4 Å². The number of aromatic nitrogens is 1. The summed E-state index contributed by atoms with van der Waals surface area (Å²) in [5.41, 5.74) is 3.04. The standard InChI is InChI=1S/C17H19N3O/c1-12(7-8-15-5-3-9-21-15)19-17-14(11-18)10-13-4-2-6-16(13)20-17/h3,5,9-10,12H,2,4,6-8H2,1H3,(H,19,20). The molecule has 0 saturated heterocycles. The number of nitriles is 1. The summed E-state index contributed by atoms with van der Waals surface area (Å²) in [7, 11) is 0. The monoisotopic (exact) mass is 281 g/mol. The lowest BCUT2D eigenvalue weighted by Crippen LogP contribution is -2.18. The van der Waals surface area contributed by atoms with Gasteiger partial charge in [0, 0.05) is 18.2 Å². The molecule has 1 unspecified atom stereocenters. The first-order valence-corrected chi connectivity index (χ1v) is 7.48. The molecule has 2 heterocycles. The Morgan fingerprint density at radius 1 is 1.48 bits per heavy atom. The Morgan fingerprint density at radius 2 is 2.38 bits per heavy atom. The summed E-state index contributed by atoms with van der Waals surface area (Å²) >= 11 is 0. The van der Waals surface area contributed by atoms with E-state index < -0.39 is 0 Å². The van der Waals surface area contributed by atoms with E-state index in [2.05, 4.69) is 23.3 Å². The van der Waals surface area contributed by atoms with Crippen molar-refractivity contribution in [2.45, 2.75) is 45.1 Å². The van der Waals surface area contributed by atoms with Gasteiger partial charge in [-0.15, -0.1) is 0 Å². The lowest BCUT2D eigenvalue weighted by molar-refractivity contribution is 0.495. The fourth-order valence-electron chi connectivity index (χ4n) is 2.79. The van der Waals surface area contributed by atoms with Crippen molar-refractivity contribution in [3.05, 3.63) is 47.0 Å². The second-order valence-electron chi connectivity index (χ2n) is 5.62. The highest BCUT2D eigenvalue weighted by Gasteiger charge is 2.17.